The summed E-state index contributed by atoms with van der Waals surface area (Å²) in [5.41, 5.74) is 7.99. The molecule has 3 aromatic rings. The Morgan fingerprint density at radius 1 is 0.825 bits per heavy atom. The molecular formula is C28H34N6O6. The molecule has 2 aromatic carbocycles. The van der Waals surface area contributed by atoms with Gasteiger partial charge >= 0.3 is 5.97 Å². The first-order valence-electron chi connectivity index (χ1n) is 12.8. The Balaban J connectivity index is 1.74. The Hall–Kier alpha value is -4.55. The van der Waals surface area contributed by atoms with Gasteiger partial charge in [0.05, 0.1) is 18.5 Å². The van der Waals surface area contributed by atoms with E-state index in [9.17, 15) is 29.4 Å². The molecule has 0 bridgehead atoms. The number of nitrogens with zero attached hydrogens (tertiary/aromatic N) is 1. The summed E-state index contributed by atoms with van der Waals surface area (Å²) in [6.45, 7) is 1.32. The number of carbonyl (C=O) groups excluding carboxylic acids is 3. The SMILES string of the molecule is CC(O)C(NC(=O)C(N)Cc1cnc[nH]1)C(=O)NC(Cc1ccccc1)C(=O)NC(Cc1ccccc1)C(=O)O. The van der Waals surface area contributed by atoms with E-state index in [4.69, 9.17) is 5.73 Å². The van der Waals surface area contributed by atoms with Crippen LogP contribution < -0.4 is 21.7 Å². The maximum atomic E-state index is 13.3. The molecule has 3 amide bonds. The largest absolute Gasteiger partial charge is 0.480 e. The lowest BCUT2D eigenvalue weighted by Gasteiger charge is -2.26. The predicted octanol–water partition coefficient (Wildman–Crippen LogP) is -0.315. The van der Waals surface area contributed by atoms with Gasteiger partial charge in [-0.05, 0) is 18.1 Å². The molecule has 1 aromatic heterocycles. The first kappa shape index (κ1) is 30.0. The van der Waals surface area contributed by atoms with E-state index in [-0.39, 0.29) is 19.3 Å². The zero-order valence-corrected chi connectivity index (χ0v) is 22.0. The van der Waals surface area contributed by atoms with Crippen LogP contribution in [0.25, 0.3) is 0 Å². The number of nitrogens with one attached hydrogen (secondary N) is 4. The minimum atomic E-state index is -1.43. The maximum absolute atomic E-state index is 13.3. The Bertz CT molecular complexity index is 1250. The number of imidazole rings is 1. The second-order valence-electron chi connectivity index (χ2n) is 9.45. The van der Waals surface area contributed by atoms with E-state index in [1.807, 2.05) is 0 Å². The minimum absolute atomic E-state index is 0.0362. The number of carboxylic acid groups (broad SMARTS) is 1. The van der Waals surface area contributed by atoms with Gasteiger partial charge in [0.15, 0.2) is 0 Å². The average molecular weight is 551 g/mol. The summed E-state index contributed by atoms with van der Waals surface area (Å²) in [5.74, 6) is -3.48. The van der Waals surface area contributed by atoms with Crippen LogP contribution in [0.3, 0.4) is 0 Å². The van der Waals surface area contributed by atoms with Crippen molar-refractivity contribution in [1.29, 1.82) is 0 Å². The summed E-state index contributed by atoms with van der Waals surface area (Å²) < 4.78 is 0. The summed E-state index contributed by atoms with van der Waals surface area (Å²) in [4.78, 5) is 57.9. The lowest BCUT2D eigenvalue weighted by molar-refractivity contribution is -0.142. The number of aliphatic carboxylic acids is 1. The summed E-state index contributed by atoms with van der Waals surface area (Å²) >= 11 is 0. The quantitative estimate of drug-likeness (QED) is 0.142. The number of amides is 3. The molecule has 1 heterocycles. The monoisotopic (exact) mass is 550 g/mol. The van der Waals surface area contributed by atoms with Crippen LogP contribution in [0, 0.1) is 0 Å². The van der Waals surface area contributed by atoms with E-state index in [1.165, 1.54) is 19.4 Å². The third-order valence-electron chi connectivity index (χ3n) is 6.21. The normalized spacial score (nSPS) is 14.7. The molecule has 5 atom stereocenters. The van der Waals surface area contributed by atoms with E-state index in [0.29, 0.717) is 16.8 Å². The van der Waals surface area contributed by atoms with Crippen molar-refractivity contribution in [3.63, 3.8) is 0 Å². The molecule has 0 saturated carbocycles. The van der Waals surface area contributed by atoms with Gasteiger partial charge in [-0.15, -0.1) is 0 Å². The number of benzene rings is 2. The number of carbonyl (C=O) groups is 4. The number of aromatic nitrogens is 2. The zero-order valence-electron chi connectivity index (χ0n) is 22.0. The number of aliphatic hydroxyl groups excluding tert-OH is 1. The highest BCUT2D eigenvalue weighted by molar-refractivity contribution is 5.94. The number of carboxylic acids is 1. The van der Waals surface area contributed by atoms with Crippen LogP contribution in [-0.4, -0.2) is 74.1 Å². The Labute approximate surface area is 231 Å². The molecule has 0 radical (unpaired) electrons. The molecule has 8 N–H and O–H groups in total. The fraction of sp³-hybridized carbons (Fsp3) is 0.321. The highest BCUT2D eigenvalue weighted by atomic mass is 16.4. The number of aliphatic hydroxyl groups is 1. The van der Waals surface area contributed by atoms with Gasteiger partial charge in [-0.2, -0.15) is 0 Å². The van der Waals surface area contributed by atoms with E-state index < -0.39 is 54.0 Å². The highest BCUT2D eigenvalue weighted by Gasteiger charge is 2.32. The van der Waals surface area contributed by atoms with E-state index in [1.54, 1.807) is 60.7 Å². The molecule has 12 nitrogen and oxygen atoms in total. The van der Waals surface area contributed by atoms with Crippen molar-refractivity contribution in [2.45, 2.75) is 56.5 Å². The molecular weight excluding hydrogens is 516 g/mol. The van der Waals surface area contributed by atoms with Gasteiger partial charge in [0.2, 0.25) is 17.7 Å². The fourth-order valence-corrected chi connectivity index (χ4v) is 4.03. The van der Waals surface area contributed by atoms with Gasteiger partial charge in [0.25, 0.3) is 0 Å². The van der Waals surface area contributed by atoms with Crippen LogP contribution in [0.2, 0.25) is 0 Å². The molecule has 0 spiro atoms. The molecule has 40 heavy (non-hydrogen) atoms. The second kappa shape index (κ2) is 14.6. The van der Waals surface area contributed by atoms with Crippen LogP contribution in [0.15, 0.2) is 73.2 Å². The van der Waals surface area contributed by atoms with E-state index in [2.05, 4.69) is 25.9 Å². The Morgan fingerprint density at radius 3 is 1.88 bits per heavy atom. The molecule has 3 rings (SSSR count). The lowest BCUT2D eigenvalue weighted by atomic mass is 10.0. The molecule has 0 fully saturated rings. The maximum Gasteiger partial charge on any atom is 0.326 e. The van der Waals surface area contributed by atoms with Crippen LogP contribution in [0.4, 0.5) is 0 Å². The number of hydrogen-bond acceptors (Lipinski definition) is 7. The van der Waals surface area contributed by atoms with Gasteiger partial charge in [-0.1, -0.05) is 60.7 Å². The number of rotatable bonds is 14. The number of nitrogens with two attached hydrogens (primary N) is 1. The molecule has 0 saturated heterocycles. The smallest absolute Gasteiger partial charge is 0.326 e. The third-order valence-corrected chi connectivity index (χ3v) is 6.21. The number of aromatic amines is 1. The van der Waals surface area contributed by atoms with Gasteiger partial charge in [0.1, 0.15) is 18.1 Å². The van der Waals surface area contributed by atoms with Crippen molar-refractivity contribution in [3.8, 4) is 0 Å². The summed E-state index contributed by atoms with van der Waals surface area (Å²) in [5, 5.41) is 27.5. The standard InChI is InChI=1S/C28H34N6O6/c1-17(35)24(34-25(36)21(29)14-20-15-30-16-31-20)27(38)32-22(12-18-8-4-2-5-9-18)26(37)33-23(28(39)40)13-19-10-6-3-7-11-19/h2-11,15-17,21-24,35H,12-14,29H2,1H3,(H,30,31)(H,32,38)(H,33,37)(H,34,36)(H,39,40). The topological polar surface area (TPSA) is 200 Å². The number of H-pyrrole nitrogens is 1. The average Bonchev–Trinajstić information content (AvgIpc) is 3.44. The van der Waals surface area contributed by atoms with Crippen molar-refractivity contribution in [3.05, 3.63) is 90.0 Å². The zero-order chi connectivity index (χ0) is 29.1. The van der Waals surface area contributed by atoms with Gasteiger partial charge in [-0.25, -0.2) is 9.78 Å². The molecule has 212 valence electrons. The molecule has 0 aliphatic heterocycles. The fourth-order valence-electron chi connectivity index (χ4n) is 4.03. The van der Waals surface area contributed by atoms with Crippen LogP contribution in [0.1, 0.15) is 23.7 Å². The van der Waals surface area contributed by atoms with Gasteiger partial charge in [0, 0.05) is 31.2 Å². The number of hydrogen-bond donors (Lipinski definition) is 7. The Kier molecular flexibility index (Phi) is 10.9. The molecule has 0 aliphatic rings. The van der Waals surface area contributed by atoms with Crippen LogP contribution in [0.5, 0.6) is 0 Å². The lowest BCUT2D eigenvalue weighted by Crippen LogP contribution is -2.60. The van der Waals surface area contributed by atoms with Crippen LogP contribution in [-0.2, 0) is 38.4 Å². The molecule has 0 aliphatic carbocycles. The second-order valence-corrected chi connectivity index (χ2v) is 9.45. The van der Waals surface area contributed by atoms with Crippen molar-refractivity contribution < 1.29 is 29.4 Å². The van der Waals surface area contributed by atoms with Gasteiger partial charge < -0.3 is 36.9 Å². The van der Waals surface area contributed by atoms with Crippen molar-refractivity contribution in [1.82, 2.24) is 25.9 Å². The third kappa shape index (κ3) is 9.03. The van der Waals surface area contributed by atoms with Crippen molar-refractivity contribution in [2.24, 2.45) is 5.73 Å². The van der Waals surface area contributed by atoms with Gasteiger partial charge in [-0.3, -0.25) is 14.4 Å². The first-order chi connectivity index (χ1) is 19.1. The van der Waals surface area contributed by atoms with Crippen molar-refractivity contribution in [2.75, 3.05) is 0 Å². The van der Waals surface area contributed by atoms with E-state index in [0.717, 1.165) is 0 Å². The van der Waals surface area contributed by atoms with Crippen LogP contribution >= 0.6 is 0 Å². The summed E-state index contributed by atoms with van der Waals surface area (Å²) in [7, 11) is 0. The first-order valence-corrected chi connectivity index (χ1v) is 12.8. The van der Waals surface area contributed by atoms with E-state index >= 15 is 0 Å². The predicted molar refractivity (Wildman–Crippen MR) is 146 cm³/mol. The minimum Gasteiger partial charge on any atom is -0.480 e. The summed E-state index contributed by atoms with van der Waals surface area (Å²) in [6.07, 6.45) is 1.83. The van der Waals surface area contributed by atoms with Crippen molar-refractivity contribution >= 4 is 23.7 Å². The summed E-state index contributed by atoms with van der Waals surface area (Å²) in [6, 6.07) is 12.7. The molecule has 5 unspecified atom stereocenters. The highest BCUT2D eigenvalue weighted by Crippen LogP contribution is 2.08. The Morgan fingerprint density at radius 2 is 1.38 bits per heavy atom. The molecule has 12 heteroatoms.